The lowest BCUT2D eigenvalue weighted by atomic mass is 9.55. The molecule has 1 aromatic carbocycles. The number of rotatable bonds is 3. The standard InChI is InChI=1S/C22H29NO2/c1-4-15-6-8-19-17-7-5-14-11-20(23-13-24)21(25-3)12-18(14)16(17)9-10-22(15,19)2/h4,11-13,16-17,19H,5-10H2,1-3H3,(H,23,24)/b15-4-. The molecule has 0 aromatic heterocycles. The van der Waals surface area contributed by atoms with E-state index < -0.39 is 0 Å². The predicted octanol–water partition coefficient (Wildman–Crippen LogP) is 5.07. The average molecular weight is 339 g/mol. The van der Waals surface area contributed by atoms with Crippen LogP contribution in [-0.2, 0) is 11.2 Å². The maximum atomic E-state index is 10.9. The van der Waals surface area contributed by atoms with Crippen LogP contribution in [0.2, 0.25) is 0 Å². The zero-order valence-electron chi connectivity index (χ0n) is 15.6. The molecule has 3 aliphatic rings. The maximum Gasteiger partial charge on any atom is 0.211 e. The lowest BCUT2D eigenvalue weighted by Crippen LogP contribution is -2.40. The lowest BCUT2D eigenvalue weighted by molar-refractivity contribution is -0.105. The predicted molar refractivity (Wildman–Crippen MR) is 101 cm³/mol. The molecule has 0 spiro atoms. The SMILES string of the molecule is C/C=C1/CCC2C3CCc4cc(NC=O)c(OC)cc4C3CCC12C. The third kappa shape index (κ3) is 2.43. The number of hydrogen-bond acceptors (Lipinski definition) is 2. The highest BCUT2D eigenvalue weighted by Gasteiger charge is 2.52. The van der Waals surface area contributed by atoms with E-state index in [4.69, 9.17) is 4.74 Å². The Morgan fingerprint density at radius 3 is 2.80 bits per heavy atom. The summed E-state index contributed by atoms with van der Waals surface area (Å²) >= 11 is 0. The quantitative estimate of drug-likeness (QED) is 0.617. The smallest absolute Gasteiger partial charge is 0.211 e. The Bertz CT molecular complexity index is 723. The summed E-state index contributed by atoms with van der Waals surface area (Å²) < 4.78 is 5.55. The van der Waals surface area contributed by atoms with Crippen molar-refractivity contribution in [3.63, 3.8) is 0 Å². The van der Waals surface area contributed by atoms with Gasteiger partial charge in [-0.2, -0.15) is 0 Å². The second kappa shape index (κ2) is 6.19. The van der Waals surface area contributed by atoms with Gasteiger partial charge < -0.3 is 10.1 Å². The molecule has 2 saturated carbocycles. The zero-order chi connectivity index (χ0) is 17.6. The van der Waals surface area contributed by atoms with Crippen LogP contribution in [0.4, 0.5) is 5.69 Å². The summed E-state index contributed by atoms with van der Waals surface area (Å²) in [7, 11) is 1.69. The van der Waals surface area contributed by atoms with Crippen molar-refractivity contribution in [3.05, 3.63) is 34.9 Å². The van der Waals surface area contributed by atoms with Crippen LogP contribution in [-0.4, -0.2) is 13.5 Å². The van der Waals surface area contributed by atoms with Crippen LogP contribution in [0.5, 0.6) is 5.75 Å². The van der Waals surface area contributed by atoms with Crippen LogP contribution in [0.25, 0.3) is 0 Å². The maximum absolute atomic E-state index is 10.9. The van der Waals surface area contributed by atoms with Crippen molar-refractivity contribution in [1.29, 1.82) is 0 Å². The molecule has 4 unspecified atom stereocenters. The van der Waals surface area contributed by atoms with Crippen LogP contribution >= 0.6 is 0 Å². The molecule has 2 fully saturated rings. The molecular weight excluding hydrogens is 310 g/mol. The van der Waals surface area contributed by atoms with Gasteiger partial charge in [0.1, 0.15) is 5.75 Å². The minimum Gasteiger partial charge on any atom is -0.495 e. The van der Waals surface area contributed by atoms with E-state index in [2.05, 4.69) is 37.4 Å². The molecule has 0 bridgehead atoms. The van der Waals surface area contributed by atoms with Gasteiger partial charge in [0.05, 0.1) is 12.8 Å². The Kier molecular flexibility index (Phi) is 4.13. The minimum atomic E-state index is 0.427. The minimum absolute atomic E-state index is 0.427. The number of amides is 1. The molecule has 1 aromatic rings. The number of carbonyl (C=O) groups excluding carboxylic acids is 1. The van der Waals surface area contributed by atoms with E-state index >= 15 is 0 Å². The first-order valence-electron chi connectivity index (χ1n) is 9.69. The monoisotopic (exact) mass is 339 g/mol. The second-order valence-electron chi connectivity index (χ2n) is 8.24. The highest BCUT2D eigenvalue weighted by atomic mass is 16.5. The third-order valence-corrected chi connectivity index (χ3v) is 7.46. The largest absolute Gasteiger partial charge is 0.495 e. The van der Waals surface area contributed by atoms with Crippen LogP contribution in [0.3, 0.4) is 0 Å². The second-order valence-corrected chi connectivity index (χ2v) is 8.24. The molecule has 0 aliphatic heterocycles. The molecule has 3 aliphatic carbocycles. The van der Waals surface area contributed by atoms with E-state index in [1.807, 2.05) is 0 Å². The normalized spacial score (nSPS) is 34.8. The summed E-state index contributed by atoms with van der Waals surface area (Å²) in [5.41, 5.74) is 5.80. The number of anilines is 1. The zero-order valence-corrected chi connectivity index (χ0v) is 15.6. The van der Waals surface area contributed by atoms with Gasteiger partial charge in [-0.15, -0.1) is 0 Å². The number of hydrogen-bond donors (Lipinski definition) is 1. The third-order valence-electron chi connectivity index (χ3n) is 7.46. The average Bonchev–Trinajstić information content (AvgIpc) is 2.97. The molecule has 4 rings (SSSR count). The van der Waals surface area contributed by atoms with Gasteiger partial charge in [-0.25, -0.2) is 0 Å². The number of fused-ring (bicyclic) bond motifs is 5. The fraction of sp³-hybridized carbons (Fsp3) is 0.591. The first-order valence-corrected chi connectivity index (χ1v) is 9.69. The van der Waals surface area contributed by atoms with E-state index in [1.54, 1.807) is 12.7 Å². The highest BCUT2D eigenvalue weighted by molar-refractivity contribution is 5.76. The number of methoxy groups -OCH3 is 1. The summed E-state index contributed by atoms with van der Waals surface area (Å²) in [5, 5.41) is 2.79. The van der Waals surface area contributed by atoms with Gasteiger partial charge in [0, 0.05) is 0 Å². The molecule has 4 atom stereocenters. The molecule has 1 N–H and O–H groups in total. The highest BCUT2D eigenvalue weighted by Crippen LogP contribution is 2.63. The Labute approximate surface area is 150 Å². The summed E-state index contributed by atoms with van der Waals surface area (Å²) in [5.74, 6) is 3.06. The molecular formula is C22H29NO2. The van der Waals surface area contributed by atoms with E-state index in [1.165, 1.54) is 43.2 Å². The lowest BCUT2D eigenvalue weighted by Gasteiger charge is -2.49. The first kappa shape index (κ1) is 16.7. The van der Waals surface area contributed by atoms with Crippen molar-refractivity contribution < 1.29 is 9.53 Å². The first-order chi connectivity index (χ1) is 12.1. The van der Waals surface area contributed by atoms with E-state index in [9.17, 15) is 4.79 Å². The number of aryl methyl sites for hydroxylation is 1. The van der Waals surface area contributed by atoms with Gasteiger partial charge >= 0.3 is 0 Å². The Morgan fingerprint density at radius 2 is 2.08 bits per heavy atom. The number of ether oxygens (including phenoxy) is 1. The Morgan fingerprint density at radius 1 is 1.24 bits per heavy atom. The van der Waals surface area contributed by atoms with Crippen molar-refractivity contribution in [3.8, 4) is 5.75 Å². The summed E-state index contributed by atoms with van der Waals surface area (Å²) in [6.07, 6.45) is 10.7. The van der Waals surface area contributed by atoms with Crippen molar-refractivity contribution in [2.24, 2.45) is 17.3 Å². The Hall–Kier alpha value is -1.77. The molecule has 134 valence electrons. The fourth-order valence-corrected chi connectivity index (χ4v) is 6.27. The van der Waals surface area contributed by atoms with Crippen molar-refractivity contribution in [2.75, 3.05) is 12.4 Å². The van der Waals surface area contributed by atoms with Crippen LogP contribution < -0.4 is 10.1 Å². The number of nitrogens with one attached hydrogen (secondary N) is 1. The molecule has 1 amide bonds. The fourth-order valence-electron chi connectivity index (χ4n) is 6.27. The molecule has 0 radical (unpaired) electrons. The summed E-state index contributed by atoms with van der Waals surface area (Å²) in [6, 6.07) is 4.34. The van der Waals surface area contributed by atoms with E-state index in [0.29, 0.717) is 11.3 Å². The summed E-state index contributed by atoms with van der Waals surface area (Å²) in [4.78, 5) is 10.9. The molecule has 0 saturated heterocycles. The van der Waals surface area contributed by atoms with Crippen molar-refractivity contribution in [2.45, 2.75) is 58.3 Å². The van der Waals surface area contributed by atoms with E-state index in [-0.39, 0.29) is 0 Å². The van der Waals surface area contributed by atoms with Gasteiger partial charge in [0.2, 0.25) is 6.41 Å². The van der Waals surface area contributed by atoms with Crippen LogP contribution in [0.1, 0.15) is 63.0 Å². The molecule has 25 heavy (non-hydrogen) atoms. The number of carbonyl (C=O) groups is 1. The van der Waals surface area contributed by atoms with Crippen LogP contribution in [0.15, 0.2) is 23.8 Å². The molecule has 3 heteroatoms. The summed E-state index contributed by atoms with van der Waals surface area (Å²) in [6.45, 7) is 4.74. The number of benzene rings is 1. The topological polar surface area (TPSA) is 38.3 Å². The van der Waals surface area contributed by atoms with Gasteiger partial charge in [-0.3, -0.25) is 4.79 Å². The van der Waals surface area contributed by atoms with Gasteiger partial charge in [0.15, 0.2) is 0 Å². The van der Waals surface area contributed by atoms with Crippen molar-refractivity contribution >= 4 is 12.1 Å². The number of allylic oxidation sites excluding steroid dienone is 2. The van der Waals surface area contributed by atoms with Gasteiger partial charge in [0.25, 0.3) is 0 Å². The Balaban J connectivity index is 1.71. The van der Waals surface area contributed by atoms with E-state index in [0.717, 1.165) is 36.1 Å². The van der Waals surface area contributed by atoms with Crippen molar-refractivity contribution in [1.82, 2.24) is 0 Å². The molecule has 3 nitrogen and oxygen atoms in total. The van der Waals surface area contributed by atoms with Gasteiger partial charge in [-0.1, -0.05) is 18.6 Å². The van der Waals surface area contributed by atoms with Gasteiger partial charge in [-0.05, 0) is 91.9 Å². The van der Waals surface area contributed by atoms with Crippen LogP contribution in [0, 0.1) is 17.3 Å². The molecule has 0 heterocycles.